The number of ether oxygens (including phenoxy) is 1. The monoisotopic (exact) mass is 419 g/mol. The third-order valence-corrected chi connectivity index (χ3v) is 6.69. The number of aryl methyl sites for hydroxylation is 1. The molecule has 0 unspecified atom stereocenters. The van der Waals surface area contributed by atoms with Crippen molar-refractivity contribution in [3.63, 3.8) is 0 Å². The van der Waals surface area contributed by atoms with Gasteiger partial charge in [-0.05, 0) is 12.1 Å². The van der Waals surface area contributed by atoms with E-state index in [1.54, 1.807) is 18.2 Å². The van der Waals surface area contributed by atoms with E-state index in [9.17, 15) is 14.3 Å². The van der Waals surface area contributed by atoms with Gasteiger partial charge in [-0.3, -0.25) is 4.79 Å². The second kappa shape index (κ2) is 8.08. The Bertz CT molecular complexity index is 1030. The van der Waals surface area contributed by atoms with Crippen LogP contribution >= 0.6 is 11.3 Å². The number of hydrogen-bond donors (Lipinski definition) is 2. The Labute approximate surface area is 171 Å². The second-order valence-corrected chi connectivity index (χ2v) is 8.29. The number of quaternary nitrogens is 1. The molecule has 3 heterocycles. The zero-order valence-corrected chi connectivity index (χ0v) is 17.2. The molecule has 29 heavy (non-hydrogen) atoms. The number of halogens is 1. The van der Waals surface area contributed by atoms with Gasteiger partial charge in [0, 0.05) is 19.3 Å². The van der Waals surface area contributed by atoms with Crippen molar-refractivity contribution in [3.05, 3.63) is 46.3 Å². The summed E-state index contributed by atoms with van der Waals surface area (Å²) in [4.78, 5) is 18.7. The summed E-state index contributed by atoms with van der Waals surface area (Å²) in [6, 6.07) is 6.26. The van der Waals surface area contributed by atoms with Crippen LogP contribution < -0.4 is 4.90 Å². The summed E-state index contributed by atoms with van der Waals surface area (Å²) in [6.45, 7) is 3.30. The maximum atomic E-state index is 14.8. The van der Waals surface area contributed by atoms with Crippen LogP contribution in [0.1, 0.15) is 42.1 Å². The highest BCUT2D eigenvalue weighted by Crippen LogP contribution is 2.36. The standard InChI is InChI=1S/C20H23FN4O3S/c1-3-15-22-20-25(23-15)18(26)17(29-20)16(13-6-4-5-7-14(13)21)24-10-8-12(9-11-24)19(27)28-2/h4-7,12,16,26H,3,8-11H2,1-2H3/p+1/t16-/m0/s1. The smallest absolute Gasteiger partial charge is 0.309 e. The molecule has 2 N–H and O–H groups in total. The van der Waals surface area contributed by atoms with Gasteiger partial charge < -0.3 is 14.7 Å². The van der Waals surface area contributed by atoms with Crippen molar-refractivity contribution in [2.45, 2.75) is 32.2 Å². The van der Waals surface area contributed by atoms with Crippen LogP contribution in [0.2, 0.25) is 0 Å². The Balaban J connectivity index is 1.73. The minimum absolute atomic E-state index is 0.00745. The van der Waals surface area contributed by atoms with E-state index < -0.39 is 6.04 Å². The molecule has 0 bridgehead atoms. The number of aromatic hydroxyl groups is 1. The maximum Gasteiger partial charge on any atom is 0.309 e. The van der Waals surface area contributed by atoms with E-state index in [0.717, 1.165) is 4.90 Å². The molecular weight excluding hydrogens is 395 g/mol. The lowest BCUT2D eigenvalue weighted by atomic mass is 9.93. The number of esters is 1. The molecule has 0 aliphatic carbocycles. The van der Waals surface area contributed by atoms with Crippen molar-refractivity contribution < 1.29 is 23.9 Å². The maximum absolute atomic E-state index is 14.8. The second-order valence-electron chi connectivity index (χ2n) is 7.28. The number of rotatable bonds is 5. The molecule has 1 saturated heterocycles. The molecule has 1 aliphatic rings. The van der Waals surface area contributed by atoms with Gasteiger partial charge in [-0.1, -0.05) is 30.4 Å². The Morgan fingerprint density at radius 3 is 2.76 bits per heavy atom. The number of carbonyl (C=O) groups is 1. The van der Waals surface area contributed by atoms with Gasteiger partial charge in [0.25, 0.3) is 0 Å². The summed E-state index contributed by atoms with van der Waals surface area (Å²) < 4.78 is 21.1. The molecule has 0 spiro atoms. The normalized spacial score (nSPS) is 20.7. The Morgan fingerprint density at radius 2 is 2.14 bits per heavy atom. The Kier molecular flexibility index (Phi) is 5.51. The predicted octanol–water partition coefficient (Wildman–Crippen LogP) is 1.76. The lowest BCUT2D eigenvalue weighted by Gasteiger charge is -2.33. The van der Waals surface area contributed by atoms with E-state index in [2.05, 4.69) is 10.1 Å². The fraction of sp³-hybridized carbons (Fsp3) is 0.450. The van der Waals surface area contributed by atoms with Crippen LogP contribution in [0.15, 0.2) is 24.3 Å². The number of nitrogens with one attached hydrogen (secondary N) is 1. The lowest BCUT2D eigenvalue weighted by Crippen LogP contribution is -3.13. The van der Waals surface area contributed by atoms with Gasteiger partial charge in [-0.25, -0.2) is 9.37 Å². The first kappa shape index (κ1) is 19.8. The van der Waals surface area contributed by atoms with Crippen LogP contribution in [0.4, 0.5) is 4.39 Å². The number of piperidine rings is 1. The largest absolute Gasteiger partial charge is 0.492 e. The lowest BCUT2D eigenvalue weighted by molar-refractivity contribution is -0.930. The molecule has 1 fully saturated rings. The first-order valence-corrected chi connectivity index (χ1v) is 10.6. The molecule has 1 atom stereocenters. The van der Waals surface area contributed by atoms with Crippen LogP contribution in [0.25, 0.3) is 4.96 Å². The predicted molar refractivity (Wildman–Crippen MR) is 106 cm³/mol. The number of nitrogens with zero attached hydrogens (tertiary/aromatic N) is 3. The quantitative estimate of drug-likeness (QED) is 0.616. The van der Waals surface area contributed by atoms with Gasteiger partial charge in [-0.2, -0.15) is 4.52 Å². The molecule has 2 aromatic heterocycles. The third-order valence-electron chi connectivity index (χ3n) is 5.61. The van der Waals surface area contributed by atoms with E-state index in [1.807, 2.05) is 6.92 Å². The number of fused-ring (bicyclic) bond motifs is 1. The molecule has 9 heteroatoms. The van der Waals surface area contributed by atoms with Crippen LogP contribution in [0.5, 0.6) is 5.88 Å². The average Bonchev–Trinajstić information content (AvgIpc) is 3.29. The molecule has 0 radical (unpaired) electrons. The Hall–Kier alpha value is -2.52. The number of hydrogen-bond acceptors (Lipinski definition) is 6. The number of thiazole rings is 1. The van der Waals surface area contributed by atoms with Gasteiger partial charge in [0.15, 0.2) is 11.9 Å². The average molecular weight is 420 g/mol. The van der Waals surface area contributed by atoms with Crippen molar-refractivity contribution in [1.29, 1.82) is 0 Å². The first-order chi connectivity index (χ1) is 14.0. The topological polar surface area (TPSA) is 81.2 Å². The van der Waals surface area contributed by atoms with Crippen LogP contribution in [0, 0.1) is 11.7 Å². The van der Waals surface area contributed by atoms with Crippen molar-refractivity contribution >= 4 is 22.3 Å². The van der Waals surface area contributed by atoms with E-state index in [1.165, 1.54) is 29.0 Å². The summed E-state index contributed by atoms with van der Waals surface area (Å²) in [5, 5.41) is 15.2. The number of aromatic nitrogens is 3. The minimum Gasteiger partial charge on any atom is -0.492 e. The van der Waals surface area contributed by atoms with Gasteiger partial charge in [-0.15, -0.1) is 5.10 Å². The third kappa shape index (κ3) is 3.60. The number of benzene rings is 1. The van der Waals surface area contributed by atoms with Crippen molar-refractivity contribution in [1.82, 2.24) is 14.6 Å². The molecule has 0 saturated carbocycles. The summed E-state index contributed by atoms with van der Waals surface area (Å²) in [6.07, 6.45) is 2.00. The minimum atomic E-state index is -0.395. The van der Waals surface area contributed by atoms with Crippen molar-refractivity contribution in [3.8, 4) is 5.88 Å². The van der Waals surface area contributed by atoms with Crippen LogP contribution in [0.3, 0.4) is 0 Å². The highest BCUT2D eigenvalue weighted by molar-refractivity contribution is 7.17. The molecule has 0 amide bonds. The van der Waals surface area contributed by atoms with Crippen molar-refractivity contribution in [2.24, 2.45) is 5.92 Å². The first-order valence-electron chi connectivity index (χ1n) is 9.77. The van der Waals surface area contributed by atoms with E-state index >= 15 is 0 Å². The fourth-order valence-corrected chi connectivity index (χ4v) is 5.21. The molecule has 3 aromatic rings. The van der Waals surface area contributed by atoms with Gasteiger partial charge >= 0.3 is 5.97 Å². The molecule has 1 aliphatic heterocycles. The number of methoxy groups -OCH3 is 1. The van der Waals surface area contributed by atoms with E-state index in [-0.39, 0.29) is 23.6 Å². The fourth-order valence-electron chi connectivity index (χ4n) is 4.06. The zero-order chi connectivity index (χ0) is 20.5. The van der Waals surface area contributed by atoms with E-state index in [0.29, 0.717) is 53.6 Å². The summed E-state index contributed by atoms with van der Waals surface area (Å²) in [7, 11) is 1.40. The van der Waals surface area contributed by atoms with Gasteiger partial charge in [0.1, 0.15) is 10.7 Å². The molecule has 1 aromatic carbocycles. The summed E-state index contributed by atoms with van der Waals surface area (Å²) >= 11 is 1.34. The van der Waals surface area contributed by atoms with Crippen LogP contribution in [-0.2, 0) is 16.0 Å². The van der Waals surface area contributed by atoms with Crippen LogP contribution in [-0.4, -0.2) is 45.9 Å². The van der Waals surface area contributed by atoms with Gasteiger partial charge in [0.05, 0.1) is 31.7 Å². The molecule has 4 rings (SSSR count). The molecular formula is C20H24FN4O3S+. The van der Waals surface area contributed by atoms with Crippen molar-refractivity contribution in [2.75, 3.05) is 20.2 Å². The highest BCUT2D eigenvalue weighted by atomic mass is 32.1. The molecule has 7 nitrogen and oxygen atoms in total. The Morgan fingerprint density at radius 1 is 1.41 bits per heavy atom. The summed E-state index contributed by atoms with van der Waals surface area (Å²) in [5.41, 5.74) is 0.523. The molecule has 154 valence electrons. The summed E-state index contributed by atoms with van der Waals surface area (Å²) in [5.74, 6) is 0.0286. The number of likely N-dealkylation sites (tertiary alicyclic amines) is 1. The zero-order valence-electron chi connectivity index (χ0n) is 16.4. The SMILES string of the molecule is CCc1nc2sc([C@H](c3ccccc3F)[NH+]3CCC(C(=O)OC)CC3)c(O)n2n1. The van der Waals surface area contributed by atoms with E-state index in [4.69, 9.17) is 4.74 Å². The number of carbonyl (C=O) groups excluding carboxylic acids is 1. The highest BCUT2D eigenvalue weighted by Gasteiger charge is 2.38. The van der Waals surface area contributed by atoms with Gasteiger partial charge in [0.2, 0.25) is 10.8 Å².